The van der Waals surface area contributed by atoms with Crippen LogP contribution in [0.4, 0.5) is 0 Å². The van der Waals surface area contributed by atoms with Gasteiger partial charge in [-0.25, -0.2) is 0 Å². The summed E-state index contributed by atoms with van der Waals surface area (Å²) in [6.07, 6.45) is 2.25. The summed E-state index contributed by atoms with van der Waals surface area (Å²) in [6, 6.07) is 1.91. The average Bonchev–Trinajstić information content (AvgIpc) is 2.89. The van der Waals surface area contributed by atoms with Crippen LogP contribution in [-0.4, -0.2) is 15.8 Å². The van der Waals surface area contributed by atoms with E-state index < -0.39 is 5.60 Å². The van der Waals surface area contributed by atoms with Crippen LogP contribution in [0.25, 0.3) is 0 Å². The molecule has 82 valence electrons. The van der Waals surface area contributed by atoms with Gasteiger partial charge in [0.15, 0.2) is 0 Å². The van der Waals surface area contributed by atoms with E-state index in [1.165, 1.54) is 0 Å². The standard InChI is InChI=1S/C12H15BrO2/c1-7-5-10(13)11(14)9(8(7)2)6-12(15)3-4-12/h5,14-15H,3-4,6H2,1-2H3. The van der Waals surface area contributed by atoms with E-state index in [0.717, 1.165) is 29.5 Å². The number of halogens is 1. The maximum atomic E-state index is 9.94. The third kappa shape index (κ3) is 2.04. The summed E-state index contributed by atoms with van der Waals surface area (Å²) < 4.78 is 0.713. The van der Waals surface area contributed by atoms with Crippen molar-refractivity contribution < 1.29 is 10.2 Å². The van der Waals surface area contributed by atoms with E-state index in [-0.39, 0.29) is 5.75 Å². The summed E-state index contributed by atoms with van der Waals surface area (Å²) in [5.41, 5.74) is 2.53. The highest BCUT2D eigenvalue weighted by atomic mass is 79.9. The van der Waals surface area contributed by atoms with Crippen LogP contribution in [0.2, 0.25) is 0 Å². The highest BCUT2D eigenvalue weighted by Crippen LogP contribution is 2.43. The molecule has 2 nitrogen and oxygen atoms in total. The lowest BCUT2D eigenvalue weighted by Crippen LogP contribution is -2.12. The number of phenols is 1. The van der Waals surface area contributed by atoms with E-state index in [9.17, 15) is 10.2 Å². The molecule has 0 aromatic heterocycles. The number of aryl methyl sites for hydroxylation is 1. The van der Waals surface area contributed by atoms with E-state index in [4.69, 9.17) is 0 Å². The molecular weight excluding hydrogens is 256 g/mol. The Hall–Kier alpha value is -0.540. The summed E-state index contributed by atoms with van der Waals surface area (Å²) >= 11 is 3.33. The molecule has 0 radical (unpaired) electrons. The van der Waals surface area contributed by atoms with Crippen LogP contribution in [0.1, 0.15) is 29.5 Å². The maximum Gasteiger partial charge on any atom is 0.133 e. The third-order valence-electron chi connectivity index (χ3n) is 3.23. The zero-order valence-electron chi connectivity index (χ0n) is 8.97. The van der Waals surface area contributed by atoms with Crippen LogP contribution in [-0.2, 0) is 6.42 Å². The molecule has 1 aliphatic carbocycles. The lowest BCUT2D eigenvalue weighted by molar-refractivity contribution is 0.149. The predicted molar refractivity (Wildman–Crippen MR) is 63.2 cm³/mol. The maximum absolute atomic E-state index is 9.94. The fourth-order valence-corrected chi connectivity index (χ4v) is 2.38. The molecular formula is C12H15BrO2. The first kappa shape index (κ1) is 11.0. The Kier molecular flexibility index (Phi) is 2.55. The number of aromatic hydroxyl groups is 1. The van der Waals surface area contributed by atoms with E-state index >= 15 is 0 Å². The summed E-state index contributed by atoms with van der Waals surface area (Å²) in [7, 11) is 0. The zero-order chi connectivity index (χ0) is 11.2. The molecule has 0 heterocycles. The minimum Gasteiger partial charge on any atom is -0.506 e. The molecule has 0 atom stereocenters. The van der Waals surface area contributed by atoms with Crippen molar-refractivity contribution in [3.63, 3.8) is 0 Å². The Morgan fingerprint density at radius 2 is 2.00 bits per heavy atom. The van der Waals surface area contributed by atoms with E-state index in [2.05, 4.69) is 15.9 Å². The van der Waals surface area contributed by atoms with Crippen molar-refractivity contribution >= 4 is 15.9 Å². The molecule has 0 unspecified atom stereocenters. The third-order valence-corrected chi connectivity index (χ3v) is 3.84. The first-order valence-electron chi connectivity index (χ1n) is 5.13. The number of hydrogen-bond donors (Lipinski definition) is 2. The Labute approximate surface area is 98.1 Å². The topological polar surface area (TPSA) is 40.5 Å². The van der Waals surface area contributed by atoms with E-state index in [1.807, 2.05) is 19.9 Å². The lowest BCUT2D eigenvalue weighted by Gasteiger charge is -2.15. The Morgan fingerprint density at radius 3 is 2.53 bits per heavy atom. The Balaban J connectivity index is 2.44. The molecule has 15 heavy (non-hydrogen) atoms. The predicted octanol–water partition coefficient (Wildman–Crippen LogP) is 2.84. The van der Waals surface area contributed by atoms with Crippen molar-refractivity contribution in [3.05, 3.63) is 27.2 Å². The first-order chi connectivity index (χ1) is 6.93. The van der Waals surface area contributed by atoms with Crippen molar-refractivity contribution in [2.45, 2.75) is 38.7 Å². The van der Waals surface area contributed by atoms with E-state index in [1.54, 1.807) is 0 Å². The minimum atomic E-state index is -0.560. The normalized spacial score (nSPS) is 17.9. The molecule has 0 bridgehead atoms. The van der Waals surface area contributed by atoms with Crippen molar-refractivity contribution in [3.8, 4) is 5.75 Å². The van der Waals surface area contributed by atoms with Crippen molar-refractivity contribution in [2.24, 2.45) is 0 Å². The number of benzene rings is 1. The monoisotopic (exact) mass is 270 g/mol. The molecule has 2 rings (SSSR count). The second kappa shape index (κ2) is 3.49. The van der Waals surface area contributed by atoms with Crippen LogP contribution in [0, 0.1) is 13.8 Å². The molecule has 2 N–H and O–H groups in total. The minimum absolute atomic E-state index is 0.276. The van der Waals surface area contributed by atoms with Crippen LogP contribution in [0.5, 0.6) is 5.75 Å². The van der Waals surface area contributed by atoms with Gasteiger partial charge in [-0.3, -0.25) is 0 Å². The van der Waals surface area contributed by atoms with Gasteiger partial charge in [0.05, 0.1) is 10.1 Å². The molecule has 0 saturated heterocycles. The van der Waals surface area contributed by atoms with Gasteiger partial charge in [-0.05, 0) is 59.8 Å². The van der Waals surface area contributed by atoms with Crippen molar-refractivity contribution in [1.29, 1.82) is 0 Å². The van der Waals surface area contributed by atoms with Gasteiger partial charge in [0.2, 0.25) is 0 Å². The van der Waals surface area contributed by atoms with Gasteiger partial charge in [0, 0.05) is 12.0 Å². The SMILES string of the molecule is Cc1cc(Br)c(O)c(CC2(O)CC2)c1C. The van der Waals surface area contributed by atoms with Gasteiger partial charge < -0.3 is 10.2 Å². The number of phenolic OH excluding ortho intramolecular Hbond substituents is 1. The van der Waals surface area contributed by atoms with Crippen LogP contribution in [0.15, 0.2) is 10.5 Å². The van der Waals surface area contributed by atoms with E-state index in [0.29, 0.717) is 10.9 Å². The largest absolute Gasteiger partial charge is 0.506 e. The van der Waals surface area contributed by atoms with Crippen molar-refractivity contribution in [1.82, 2.24) is 0 Å². The number of rotatable bonds is 2. The quantitative estimate of drug-likeness (QED) is 0.868. The smallest absolute Gasteiger partial charge is 0.133 e. The number of aliphatic hydroxyl groups is 1. The second-order valence-electron chi connectivity index (χ2n) is 4.53. The molecule has 0 spiro atoms. The summed E-state index contributed by atoms with van der Waals surface area (Å²) in [4.78, 5) is 0. The summed E-state index contributed by atoms with van der Waals surface area (Å²) in [5, 5.41) is 19.8. The fourth-order valence-electron chi connectivity index (χ4n) is 1.79. The van der Waals surface area contributed by atoms with Gasteiger partial charge in [-0.2, -0.15) is 0 Å². The van der Waals surface area contributed by atoms with Gasteiger partial charge in [0.25, 0.3) is 0 Å². The molecule has 1 aromatic carbocycles. The fraction of sp³-hybridized carbons (Fsp3) is 0.500. The molecule has 0 amide bonds. The Morgan fingerprint density at radius 1 is 1.40 bits per heavy atom. The van der Waals surface area contributed by atoms with Crippen LogP contribution in [0.3, 0.4) is 0 Å². The van der Waals surface area contributed by atoms with Crippen molar-refractivity contribution in [2.75, 3.05) is 0 Å². The average molecular weight is 271 g/mol. The summed E-state index contributed by atoms with van der Waals surface area (Å²) in [6.45, 7) is 4.00. The molecule has 3 heteroatoms. The molecule has 1 aliphatic rings. The zero-order valence-corrected chi connectivity index (χ0v) is 10.6. The summed E-state index contributed by atoms with van der Waals surface area (Å²) in [5.74, 6) is 0.276. The highest BCUT2D eigenvalue weighted by Gasteiger charge is 2.41. The lowest BCUT2D eigenvalue weighted by atomic mass is 9.96. The Bertz CT molecular complexity index is 382. The van der Waals surface area contributed by atoms with Gasteiger partial charge in [-0.1, -0.05) is 0 Å². The molecule has 0 aliphatic heterocycles. The van der Waals surface area contributed by atoms with Crippen LogP contribution < -0.4 is 0 Å². The molecule has 1 aromatic rings. The second-order valence-corrected chi connectivity index (χ2v) is 5.38. The molecule has 1 fully saturated rings. The number of hydrogen-bond acceptors (Lipinski definition) is 2. The van der Waals surface area contributed by atoms with Gasteiger partial charge in [-0.15, -0.1) is 0 Å². The van der Waals surface area contributed by atoms with Gasteiger partial charge in [0.1, 0.15) is 5.75 Å². The van der Waals surface area contributed by atoms with Crippen LogP contribution >= 0.6 is 15.9 Å². The molecule has 1 saturated carbocycles. The first-order valence-corrected chi connectivity index (χ1v) is 5.92. The van der Waals surface area contributed by atoms with Gasteiger partial charge >= 0.3 is 0 Å². The highest BCUT2D eigenvalue weighted by molar-refractivity contribution is 9.10.